The molecular weight excluding hydrogens is 624 g/mol. The van der Waals surface area contributed by atoms with Crippen LogP contribution in [0.1, 0.15) is 50.2 Å². The van der Waals surface area contributed by atoms with E-state index in [4.69, 9.17) is 5.11 Å². The lowest BCUT2D eigenvalue weighted by atomic mass is 10.0. The Kier molecular flexibility index (Phi) is 14.9. The number of aliphatic hydroxyl groups is 1. The topological polar surface area (TPSA) is 179 Å². The number of H-pyrrole nitrogens is 1. The SMILES string of the molecule is O=C(NCCCCCNC[C@H](O)c1ccc(O)c2[nH]c(=O)ccc12)NCCN1CCCCC1.O=C(O)Nc1ccccc1-c1ccccc1. The number of aromatic nitrogens is 1. The highest BCUT2D eigenvalue weighted by Gasteiger charge is 2.14. The van der Waals surface area contributed by atoms with Gasteiger partial charge < -0.3 is 41.2 Å². The molecule has 3 amide bonds. The first-order chi connectivity index (χ1) is 23.8. The molecule has 4 aromatic rings. The number of nitrogens with one attached hydrogen (secondary N) is 5. The van der Waals surface area contributed by atoms with Crippen LogP contribution < -0.4 is 26.8 Å². The predicted octanol–water partition coefficient (Wildman–Crippen LogP) is 5.26. The Morgan fingerprint density at radius 3 is 2.31 bits per heavy atom. The number of aromatic hydroxyl groups is 1. The first-order valence-corrected chi connectivity index (χ1v) is 16.9. The quantitative estimate of drug-likeness (QED) is 0.0837. The molecule has 12 nitrogen and oxygen atoms in total. The van der Waals surface area contributed by atoms with Crippen LogP contribution in [-0.4, -0.2) is 83.1 Å². The maximum absolute atomic E-state index is 11.8. The van der Waals surface area contributed by atoms with Gasteiger partial charge in [-0.2, -0.15) is 0 Å². The number of anilines is 1. The van der Waals surface area contributed by atoms with E-state index in [0.717, 1.165) is 56.6 Å². The molecule has 0 spiro atoms. The first-order valence-electron chi connectivity index (χ1n) is 16.9. The van der Waals surface area contributed by atoms with Gasteiger partial charge in [-0.3, -0.25) is 10.1 Å². The van der Waals surface area contributed by atoms with Crippen LogP contribution in [0.4, 0.5) is 15.3 Å². The van der Waals surface area contributed by atoms with Crippen molar-refractivity contribution < 1.29 is 24.9 Å². The molecular formula is C37H48N6O6. The van der Waals surface area contributed by atoms with Crippen LogP contribution in [0.15, 0.2) is 83.7 Å². The first kappa shape index (κ1) is 36.9. The van der Waals surface area contributed by atoms with Crippen LogP contribution in [-0.2, 0) is 0 Å². The fourth-order valence-electron chi connectivity index (χ4n) is 5.80. The van der Waals surface area contributed by atoms with Gasteiger partial charge in [0.2, 0.25) is 5.56 Å². The smallest absolute Gasteiger partial charge is 0.409 e. The molecule has 5 rings (SSSR count). The number of aliphatic hydroxyl groups excluding tert-OH is 1. The highest BCUT2D eigenvalue weighted by atomic mass is 16.4. The van der Waals surface area contributed by atoms with Crippen molar-refractivity contribution in [3.8, 4) is 16.9 Å². The van der Waals surface area contributed by atoms with Crippen LogP contribution in [0, 0.1) is 0 Å². The fourth-order valence-corrected chi connectivity index (χ4v) is 5.80. The number of phenolic OH excluding ortho intramolecular Hbond substituents is 1. The molecule has 2 heterocycles. The fraction of sp³-hybridized carbons (Fsp3) is 0.378. The van der Waals surface area contributed by atoms with E-state index < -0.39 is 12.2 Å². The third-order valence-electron chi connectivity index (χ3n) is 8.34. The Hall–Kier alpha value is -4.91. The van der Waals surface area contributed by atoms with Crippen LogP contribution >= 0.6 is 0 Å². The summed E-state index contributed by atoms with van der Waals surface area (Å²) in [4.78, 5) is 39.0. The van der Waals surface area contributed by atoms with Gasteiger partial charge in [0.25, 0.3) is 0 Å². The number of phenols is 1. The number of likely N-dealkylation sites (tertiary alicyclic amines) is 1. The van der Waals surface area contributed by atoms with Crippen LogP contribution in [0.25, 0.3) is 22.0 Å². The minimum Gasteiger partial charge on any atom is -0.506 e. The highest BCUT2D eigenvalue weighted by molar-refractivity contribution is 5.90. The molecule has 1 aliphatic heterocycles. The number of aromatic amines is 1. The number of nitrogens with zero attached hydrogens (tertiary/aromatic N) is 1. The maximum atomic E-state index is 11.8. The number of amides is 3. The molecule has 0 radical (unpaired) electrons. The van der Waals surface area contributed by atoms with E-state index in [1.165, 1.54) is 31.4 Å². The Morgan fingerprint density at radius 1 is 0.816 bits per heavy atom. The monoisotopic (exact) mass is 672 g/mol. The second kappa shape index (κ2) is 19.8. The highest BCUT2D eigenvalue weighted by Crippen LogP contribution is 2.29. The lowest BCUT2D eigenvalue weighted by molar-refractivity contribution is 0.176. The number of hydrogen-bond acceptors (Lipinski definition) is 7. The van der Waals surface area contributed by atoms with Gasteiger partial charge in [0.1, 0.15) is 5.75 Å². The van der Waals surface area contributed by atoms with Gasteiger partial charge >= 0.3 is 12.1 Å². The summed E-state index contributed by atoms with van der Waals surface area (Å²) in [7, 11) is 0. The summed E-state index contributed by atoms with van der Waals surface area (Å²) < 4.78 is 0. The number of fused-ring (bicyclic) bond motifs is 1. The van der Waals surface area contributed by atoms with Crippen molar-refractivity contribution in [2.24, 2.45) is 0 Å². The zero-order chi connectivity index (χ0) is 34.8. The number of unbranched alkanes of at least 4 members (excludes halogenated alkanes) is 2. The van der Waals surface area contributed by atoms with E-state index in [0.29, 0.717) is 41.8 Å². The number of hydrogen-bond donors (Lipinski definition) is 8. The standard InChI is InChI=1S/C24H37N5O4.C13H11NO2/c30-20-9-7-18(19-8-10-22(32)28-23(19)20)21(31)17-25-11-3-1-4-12-26-24(33)27-13-16-29-14-5-2-6-15-29;15-13(16)14-12-9-5-4-8-11(12)10-6-2-1-3-7-10/h7-10,21,25,30-31H,1-6,11-17H2,(H,28,32)(H2,26,27,33);1-9,14H,(H,15,16)/t21-;/m0./s1. The van der Waals surface area contributed by atoms with E-state index >= 15 is 0 Å². The third kappa shape index (κ3) is 12.2. The summed E-state index contributed by atoms with van der Waals surface area (Å²) in [5.74, 6) is -0.0177. The molecule has 1 aromatic heterocycles. The van der Waals surface area contributed by atoms with Crippen LogP contribution in [0.3, 0.4) is 0 Å². The number of pyridine rings is 1. The van der Waals surface area contributed by atoms with Gasteiger partial charge in [0.05, 0.1) is 17.3 Å². The number of carboxylic acid groups (broad SMARTS) is 1. The van der Waals surface area contributed by atoms with E-state index in [2.05, 4.69) is 31.2 Å². The Balaban J connectivity index is 0.000000281. The van der Waals surface area contributed by atoms with E-state index in [-0.39, 0.29) is 17.3 Å². The average molecular weight is 673 g/mol. The zero-order valence-corrected chi connectivity index (χ0v) is 27.8. The molecule has 1 aliphatic rings. The van der Waals surface area contributed by atoms with Gasteiger partial charge in [0, 0.05) is 43.2 Å². The predicted molar refractivity (Wildman–Crippen MR) is 193 cm³/mol. The molecule has 0 saturated carbocycles. The number of piperidine rings is 1. The molecule has 1 saturated heterocycles. The second-order valence-electron chi connectivity index (χ2n) is 12.0. The summed E-state index contributed by atoms with van der Waals surface area (Å²) in [5, 5.41) is 41.3. The van der Waals surface area contributed by atoms with Gasteiger partial charge in [-0.15, -0.1) is 0 Å². The van der Waals surface area contributed by atoms with Gasteiger partial charge in [-0.1, -0.05) is 67.4 Å². The number of rotatable bonds is 14. The van der Waals surface area contributed by atoms with Crippen molar-refractivity contribution in [3.05, 3.63) is 94.8 Å². The number of urea groups is 1. The molecule has 262 valence electrons. The second-order valence-corrected chi connectivity index (χ2v) is 12.0. The summed E-state index contributed by atoms with van der Waals surface area (Å²) in [5.41, 5.74) is 3.16. The summed E-state index contributed by atoms with van der Waals surface area (Å²) in [6, 6.07) is 23.0. The average Bonchev–Trinajstić information content (AvgIpc) is 3.11. The summed E-state index contributed by atoms with van der Waals surface area (Å²) >= 11 is 0. The maximum Gasteiger partial charge on any atom is 0.409 e. The largest absolute Gasteiger partial charge is 0.506 e. The Labute approximate surface area is 286 Å². The molecule has 0 unspecified atom stereocenters. The number of carbonyl (C=O) groups excluding carboxylic acids is 1. The van der Waals surface area contributed by atoms with E-state index in [9.17, 15) is 24.6 Å². The summed E-state index contributed by atoms with van der Waals surface area (Å²) in [6.07, 6.45) is 4.84. The van der Waals surface area contributed by atoms with Crippen molar-refractivity contribution in [2.75, 3.05) is 51.1 Å². The van der Waals surface area contributed by atoms with Gasteiger partial charge in [-0.05, 0) is 74.6 Å². The number of carbonyl (C=O) groups is 2. The molecule has 1 atom stereocenters. The normalized spacial score (nSPS) is 13.6. The molecule has 0 aliphatic carbocycles. The molecule has 1 fully saturated rings. The van der Waals surface area contributed by atoms with E-state index in [1.807, 2.05) is 42.5 Å². The van der Waals surface area contributed by atoms with Crippen molar-refractivity contribution in [1.82, 2.24) is 25.8 Å². The van der Waals surface area contributed by atoms with Crippen LogP contribution in [0.5, 0.6) is 5.75 Å². The minimum absolute atomic E-state index is 0.0177. The minimum atomic E-state index is -1.05. The van der Waals surface area contributed by atoms with E-state index in [1.54, 1.807) is 24.3 Å². The molecule has 12 heteroatoms. The lowest BCUT2D eigenvalue weighted by Gasteiger charge is -2.26. The molecule has 49 heavy (non-hydrogen) atoms. The molecule has 8 N–H and O–H groups in total. The van der Waals surface area contributed by atoms with Gasteiger partial charge in [-0.25, -0.2) is 9.59 Å². The van der Waals surface area contributed by atoms with Crippen molar-refractivity contribution in [1.29, 1.82) is 0 Å². The third-order valence-corrected chi connectivity index (χ3v) is 8.34. The molecule has 0 bridgehead atoms. The van der Waals surface area contributed by atoms with Crippen molar-refractivity contribution in [2.45, 2.75) is 44.6 Å². The zero-order valence-electron chi connectivity index (χ0n) is 27.8. The summed E-state index contributed by atoms with van der Waals surface area (Å²) in [6.45, 7) is 5.66. The van der Waals surface area contributed by atoms with Gasteiger partial charge in [0.15, 0.2) is 0 Å². The number of para-hydroxylation sites is 1. The van der Waals surface area contributed by atoms with Crippen molar-refractivity contribution >= 4 is 28.7 Å². The van der Waals surface area contributed by atoms with Crippen molar-refractivity contribution in [3.63, 3.8) is 0 Å². The molecule has 3 aromatic carbocycles. The Bertz CT molecular complexity index is 1680. The number of benzene rings is 3. The lowest BCUT2D eigenvalue weighted by Crippen LogP contribution is -2.41. The Morgan fingerprint density at radius 2 is 1.53 bits per heavy atom. The van der Waals surface area contributed by atoms with Crippen LogP contribution in [0.2, 0.25) is 0 Å².